The molecule has 3 aromatic rings. The van der Waals surface area contributed by atoms with Crippen LogP contribution in [0.25, 0.3) is 11.3 Å². The largest absolute Gasteiger partial charge is 0.455 e. The van der Waals surface area contributed by atoms with Crippen LogP contribution in [0.1, 0.15) is 33.0 Å². The van der Waals surface area contributed by atoms with Crippen LogP contribution in [0.3, 0.4) is 0 Å². The second kappa shape index (κ2) is 9.52. The highest BCUT2D eigenvalue weighted by atomic mass is 35.5. The zero-order valence-electron chi connectivity index (χ0n) is 19.5. The minimum atomic E-state index is -0.360. The fourth-order valence-electron chi connectivity index (χ4n) is 4.76. The molecule has 3 heterocycles. The van der Waals surface area contributed by atoms with Crippen molar-refractivity contribution in [1.29, 1.82) is 0 Å². The van der Waals surface area contributed by atoms with Crippen molar-refractivity contribution in [1.82, 2.24) is 24.9 Å². The van der Waals surface area contributed by atoms with E-state index in [1.807, 2.05) is 17.8 Å². The number of nitrogens with zero attached hydrogens (tertiary/aromatic N) is 4. The van der Waals surface area contributed by atoms with Crippen LogP contribution < -0.4 is 5.32 Å². The number of amides is 1. The summed E-state index contributed by atoms with van der Waals surface area (Å²) in [4.78, 5) is 17.6. The van der Waals surface area contributed by atoms with Crippen LogP contribution in [0.15, 0.2) is 28.8 Å². The van der Waals surface area contributed by atoms with Gasteiger partial charge in [0, 0.05) is 68.0 Å². The van der Waals surface area contributed by atoms with E-state index < -0.39 is 0 Å². The van der Waals surface area contributed by atoms with Crippen LogP contribution in [-0.4, -0.2) is 71.8 Å². The van der Waals surface area contributed by atoms with Crippen LogP contribution in [0, 0.1) is 12.7 Å². The Morgan fingerprint density at radius 3 is 2.79 bits per heavy atom. The Hall–Kier alpha value is -2.68. The second-order valence-corrected chi connectivity index (χ2v) is 9.60. The maximum Gasteiger partial charge on any atom is 0.287 e. The number of hydrogen-bond acceptors (Lipinski definition) is 5. The molecule has 7 nitrogen and oxygen atoms in total. The Balaban J connectivity index is 1.29. The lowest BCUT2D eigenvalue weighted by molar-refractivity contribution is 0.0911. The number of furan rings is 1. The van der Waals surface area contributed by atoms with Crippen LogP contribution in [0.2, 0.25) is 5.02 Å². The monoisotopic (exact) mass is 485 g/mol. The van der Waals surface area contributed by atoms with Crippen LogP contribution >= 0.6 is 11.6 Å². The van der Waals surface area contributed by atoms with E-state index in [1.54, 1.807) is 6.07 Å². The molecular formula is C25H29ClFN5O2. The lowest BCUT2D eigenvalue weighted by atomic mass is 9.93. The van der Waals surface area contributed by atoms with Gasteiger partial charge in [0.05, 0.1) is 12.2 Å². The minimum Gasteiger partial charge on any atom is -0.455 e. The van der Waals surface area contributed by atoms with Crippen molar-refractivity contribution >= 4 is 17.5 Å². The van der Waals surface area contributed by atoms with Crippen molar-refractivity contribution in [3.8, 4) is 11.3 Å². The van der Waals surface area contributed by atoms with Gasteiger partial charge in [0.25, 0.3) is 5.91 Å². The average molecular weight is 486 g/mol. The third-order valence-corrected chi connectivity index (χ3v) is 7.13. The van der Waals surface area contributed by atoms with Crippen molar-refractivity contribution in [2.24, 2.45) is 0 Å². The van der Waals surface area contributed by atoms with E-state index in [9.17, 15) is 9.18 Å². The van der Waals surface area contributed by atoms with Crippen LogP contribution in [0.4, 0.5) is 4.39 Å². The minimum absolute atomic E-state index is 0.180. The molecule has 1 aromatic carbocycles. The van der Waals surface area contributed by atoms with Crippen molar-refractivity contribution in [2.75, 3.05) is 46.3 Å². The van der Waals surface area contributed by atoms with E-state index in [2.05, 4.69) is 22.2 Å². The summed E-state index contributed by atoms with van der Waals surface area (Å²) in [5.74, 6) is 0.633. The third kappa shape index (κ3) is 4.62. The summed E-state index contributed by atoms with van der Waals surface area (Å²) in [6.07, 6.45) is 3.51. The summed E-state index contributed by atoms with van der Waals surface area (Å²) in [7, 11) is 2.13. The van der Waals surface area contributed by atoms with Gasteiger partial charge in [-0.25, -0.2) is 4.39 Å². The van der Waals surface area contributed by atoms with Gasteiger partial charge in [0.2, 0.25) is 0 Å². The molecule has 2 aliphatic rings. The molecule has 1 N–H and O–H groups in total. The lowest BCUT2D eigenvalue weighted by Crippen LogP contribution is -2.46. The first-order valence-electron chi connectivity index (χ1n) is 11.7. The van der Waals surface area contributed by atoms with E-state index in [0.717, 1.165) is 79.3 Å². The van der Waals surface area contributed by atoms with E-state index in [4.69, 9.17) is 21.1 Å². The van der Waals surface area contributed by atoms with Crippen LogP contribution in [0.5, 0.6) is 0 Å². The molecule has 34 heavy (non-hydrogen) atoms. The Kier molecular flexibility index (Phi) is 6.46. The molecule has 1 amide bonds. The van der Waals surface area contributed by atoms with Crippen molar-refractivity contribution in [3.05, 3.63) is 63.4 Å². The standard InChI is InChI=1S/C25H29ClFN5O2/c1-16-22-21(34-24(16)25(33)28-7-8-31-11-9-30(2)10-12-31)6-4-18-15-32(29-23(18)22)14-17-3-5-19(27)13-20(17)26/h3,5,13,15H,4,6-12,14H2,1-2H3,(H,28,33). The molecule has 0 spiro atoms. The van der Waals surface area contributed by atoms with E-state index in [-0.39, 0.29) is 11.7 Å². The van der Waals surface area contributed by atoms with Gasteiger partial charge in [-0.15, -0.1) is 0 Å². The third-order valence-electron chi connectivity index (χ3n) is 6.78. The Labute approximate surface area is 203 Å². The molecule has 9 heteroatoms. The predicted molar refractivity (Wildman–Crippen MR) is 129 cm³/mol. The zero-order chi connectivity index (χ0) is 23.8. The van der Waals surface area contributed by atoms with Crippen LogP contribution in [-0.2, 0) is 19.4 Å². The number of carbonyl (C=O) groups excluding carboxylic acids is 1. The molecule has 1 fully saturated rings. The van der Waals surface area contributed by atoms with Gasteiger partial charge in [0.15, 0.2) is 5.76 Å². The van der Waals surface area contributed by atoms with Gasteiger partial charge in [-0.3, -0.25) is 14.4 Å². The van der Waals surface area contributed by atoms with Gasteiger partial charge in [-0.1, -0.05) is 17.7 Å². The first kappa shape index (κ1) is 23.1. The molecule has 0 radical (unpaired) electrons. The fourth-order valence-corrected chi connectivity index (χ4v) is 4.99. The second-order valence-electron chi connectivity index (χ2n) is 9.19. The molecule has 2 aromatic heterocycles. The summed E-state index contributed by atoms with van der Waals surface area (Å²) in [6.45, 7) is 7.94. The molecule has 0 saturated carbocycles. The molecule has 180 valence electrons. The number of halogens is 2. The number of carbonyl (C=O) groups is 1. The zero-order valence-corrected chi connectivity index (χ0v) is 20.3. The van der Waals surface area contributed by atoms with E-state index in [1.165, 1.54) is 12.1 Å². The summed E-state index contributed by atoms with van der Waals surface area (Å²) >= 11 is 6.20. The van der Waals surface area contributed by atoms with Crippen molar-refractivity contribution in [3.63, 3.8) is 0 Å². The van der Waals surface area contributed by atoms with E-state index in [0.29, 0.717) is 23.9 Å². The molecule has 1 saturated heterocycles. The molecule has 1 aliphatic heterocycles. The average Bonchev–Trinajstić information content (AvgIpc) is 3.37. The SMILES string of the molecule is Cc1c(C(=O)NCCN2CCN(C)CC2)oc2c1-c1nn(Cc3ccc(F)cc3Cl)cc1CC2. The van der Waals surface area contributed by atoms with Crippen molar-refractivity contribution < 1.29 is 13.6 Å². The first-order valence-corrected chi connectivity index (χ1v) is 12.1. The normalized spacial score (nSPS) is 16.4. The summed E-state index contributed by atoms with van der Waals surface area (Å²) in [5, 5.41) is 8.18. The molecule has 0 unspecified atom stereocenters. The number of aryl methyl sites for hydroxylation is 2. The quantitative estimate of drug-likeness (QED) is 0.580. The number of likely N-dealkylation sites (N-methyl/N-ethyl adjacent to an activating group) is 1. The highest BCUT2D eigenvalue weighted by molar-refractivity contribution is 6.31. The van der Waals surface area contributed by atoms with Gasteiger partial charge in [-0.2, -0.15) is 5.10 Å². The highest BCUT2D eigenvalue weighted by Gasteiger charge is 2.29. The molecule has 5 rings (SSSR count). The number of fused-ring (bicyclic) bond motifs is 3. The predicted octanol–water partition coefficient (Wildman–Crippen LogP) is 3.37. The lowest BCUT2D eigenvalue weighted by Gasteiger charge is -2.32. The summed E-state index contributed by atoms with van der Waals surface area (Å²) in [6, 6.07) is 4.39. The van der Waals surface area contributed by atoms with Gasteiger partial charge in [0.1, 0.15) is 11.6 Å². The molecule has 0 atom stereocenters. The first-order chi connectivity index (χ1) is 16.4. The number of nitrogens with one attached hydrogen (secondary N) is 1. The number of hydrogen-bond donors (Lipinski definition) is 1. The molecule has 1 aliphatic carbocycles. The number of aromatic nitrogens is 2. The van der Waals surface area contributed by atoms with Crippen molar-refractivity contribution in [2.45, 2.75) is 26.3 Å². The topological polar surface area (TPSA) is 66.5 Å². The number of rotatable bonds is 6. The Morgan fingerprint density at radius 1 is 1.24 bits per heavy atom. The van der Waals surface area contributed by atoms with Gasteiger partial charge < -0.3 is 14.6 Å². The van der Waals surface area contributed by atoms with Gasteiger partial charge in [-0.05, 0) is 43.7 Å². The Bertz CT molecular complexity index is 1210. The fraction of sp³-hybridized carbons (Fsp3) is 0.440. The number of piperazine rings is 1. The molecule has 0 bridgehead atoms. The number of benzene rings is 1. The molecular weight excluding hydrogens is 457 g/mol. The Morgan fingerprint density at radius 2 is 2.03 bits per heavy atom. The maximum absolute atomic E-state index is 13.4. The summed E-state index contributed by atoms with van der Waals surface area (Å²) < 4.78 is 21.2. The highest BCUT2D eigenvalue weighted by Crippen LogP contribution is 2.38. The maximum atomic E-state index is 13.4. The van der Waals surface area contributed by atoms with E-state index >= 15 is 0 Å². The van der Waals surface area contributed by atoms with Gasteiger partial charge >= 0.3 is 0 Å². The summed E-state index contributed by atoms with van der Waals surface area (Å²) in [5.41, 5.74) is 4.48. The smallest absolute Gasteiger partial charge is 0.287 e.